The molecule has 0 saturated heterocycles. The average Bonchev–Trinajstić information content (AvgIpc) is 1.97. The number of rotatable bonds is 5. The van der Waals surface area contributed by atoms with Gasteiger partial charge in [-0.2, -0.15) is 0 Å². The fourth-order valence-electron chi connectivity index (χ4n) is 1.07. The van der Waals surface area contributed by atoms with Gasteiger partial charge in [0.05, 0.1) is 0 Å². The minimum atomic E-state index is -1.73. The molecule has 0 amide bonds. The second-order valence-corrected chi connectivity index (χ2v) is 10.4. The number of hydrogen-bond acceptors (Lipinski definition) is 2. The lowest BCUT2D eigenvalue weighted by Crippen LogP contribution is -2.43. The van der Waals surface area contributed by atoms with Gasteiger partial charge in [0.2, 0.25) is 0 Å². The Hall–Kier alpha value is -0.353. The van der Waals surface area contributed by atoms with Crippen LogP contribution in [-0.2, 0) is 9.22 Å². The maximum Gasteiger partial charge on any atom is 0.303 e. The third kappa shape index (κ3) is 5.32. The number of carboxylic acids is 1. The molecule has 0 spiro atoms. The van der Waals surface area contributed by atoms with Gasteiger partial charge in [-0.05, 0) is 31.5 Å². The first-order valence-electron chi connectivity index (χ1n) is 5.46. The molecule has 0 radical (unpaired) electrons. The van der Waals surface area contributed by atoms with E-state index >= 15 is 0 Å². The second kappa shape index (κ2) is 5.12. The van der Waals surface area contributed by atoms with Gasteiger partial charge >= 0.3 is 5.97 Å². The van der Waals surface area contributed by atoms with Crippen molar-refractivity contribution in [2.45, 2.75) is 64.8 Å². The quantitative estimate of drug-likeness (QED) is 0.740. The third-order valence-corrected chi connectivity index (χ3v) is 7.67. The molecule has 1 atom stereocenters. The molecule has 3 nitrogen and oxygen atoms in total. The van der Waals surface area contributed by atoms with Crippen LogP contribution in [0.3, 0.4) is 0 Å². The van der Waals surface area contributed by atoms with E-state index in [1.54, 1.807) is 0 Å². The maximum absolute atomic E-state index is 10.4. The van der Waals surface area contributed by atoms with Crippen molar-refractivity contribution in [3.63, 3.8) is 0 Å². The Labute approximate surface area is 94.0 Å². The molecule has 4 heteroatoms. The lowest BCUT2D eigenvalue weighted by Gasteiger charge is -2.38. The van der Waals surface area contributed by atoms with Crippen LogP contribution in [0.25, 0.3) is 0 Å². The second-order valence-electron chi connectivity index (χ2n) is 5.62. The van der Waals surface area contributed by atoms with Crippen molar-refractivity contribution in [2.24, 2.45) is 0 Å². The Kier molecular flexibility index (Phi) is 5.00. The van der Waals surface area contributed by atoms with Crippen molar-refractivity contribution < 1.29 is 14.3 Å². The molecule has 1 N–H and O–H groups in total. The molecule has 0 heterocycles. The van der Waals surface area contributed by atoms with Crippen molar-refractivity contribution in [3.05, 3.63) is 0 Å². The summed E-state index contributed by atoms with van der Waals surface area (Å²) in [6.07, 6.45) is 0.833. The van der Waals surface area contributed by atoms with Crippen LogP contribution < -0.4 is 0 Å². The molecule has 0 aliphatic carbocycles. The monoisotopic (exact) mass is 232 g/mol. The first-order valence-corrected chi connectivity index (χ1v) is 8.36. The summed E-state index contributed by atoms with van der Waals surface area (Å²) in [7, 11) is -1.73. The largest absolute Gasteiger partial charge is 0.481 e. The molecular formula is C11H24O3Si. The lowest BCUT2D eigenvalue weighted by molar-refractivity contribution is -0.137. The summed E-state index contributed by atoms with van der Waals surface area (Å²) in [5.74, 6) is -0.749. The van der Waals surface area contributed by atoms with Crippen LogP contribution in [0.4, 0.5) is 0 Å². The van der Waals surface area contributed by atoms with Crippen LogP contribution >= 0.6 is 0 Å². The molecule has 90 valence electrons. The molecular weight excluding hydrogens is 208 g/mol. The number of aliphatic carboxylic acids is 1. The van der Waals surface area contributed by atoms with Gasteiger partial charge in [-0.3, -0.25) is 4.79 Å². The average molecular weight is 232 g/mol. The van der Waals surface area contributed by atoms with E-state index in [9.17, 15) is 4.79 Å². The van der Waals surface area contributed by atoms with Crippen LogP contribution in [-0.4, -0.2) is 25.5 Å². The van der Waals surface area contributed by atoms with Gasteiger partial charge in [0.1, 0.15) is 0 Å². The van der Waals surface area contributed by atoms with Gasteiger partial charge in [0, 0.05) is 12.5 Å². The van der Waals surface area contributed by atoms with Gasteiger partial charge in [-0.15, -0.1) is 0 Å². The zero-order chi connectivity index (χ0) is 12.3. The SMILES string of the molecule is CC(CCC(=O)O)O[Si](C)(C)C(C)(C)C. The Morgan fingerprint density at radius 1 is 1.40 bits per heavy atom. The summed E-state index contributed by atoms with van der Waals surface area (Å²) in [6.45, 7) is 12.9. The standard InChI is InChI=1S/C11H24O3Si/c1-9(7-8-10(12)13)14-15(5,6)11(2,3)4/h9H,7-8H2,1-6H3,(H,12,13). The topological polar surface area (TPSA) is 46.5 Å². The fraction of sp³-hybridized carbons (Fsp3) is 0.909. The van der Waals surface area contributed by atoms with Crippen molar-refractivity contribution in [1.82, 2.24) is 0 Å². The van der Waals surface area contributed by atoms with E-state index in [0.29, 0.717) is 6.42 Å². The predicted octanol–water partition coefficient (Wildman–Crippen LogP) is 3.26. The van der Waals surface area contributed by atoms with E-state index < -0.39 is 14.3 Å². The van der Waals surface area contributed by atoms with Crippen LogP contribution in [0.5, 0.6) is 0 Å². The zero-order valence-corrected chi connectivity index (χ0v) is 11.8. The molecule has 0 fully saturated rings. The molecule has 0 aromatic carbocycles. The first-order chi connectivity index (χ1) is 6.56. The Morgan fingerprint density at radius 3 is 2.20 bits per heavy atom. The van der Waals surface area contributed by atoms with E-state index in [1.807, 2.05) is 6.92 Å². The Morgan fingerprint density at radius 2 is 1.87 bits per heavy atom. The summed E-state index contributed by atoms with van der Waals surface area (Å²) in [6, 6.07) is 0. The van der Waals surface area contributed by atoms with Crippen molar-refractivity contribution >= 4 is 14.3 Å². The summed E-state index contributed by atoms with van der Waals surface area (Å²) >= 11 is 0. The molecule has 0 rings (SSSR count). The number of carboxylic acid groups (broad SMARTS) is 1. The normalized spacial score (nSPS) is 15.1. The molecule has 0 aromatic rings. The van der Waals surface area contributed by atoms with Gasteiger partial charge in [0.25, 0.3) is 0 Å². The highest BCUT2D eigenvalue weighted by atomic mass is 28.4. The maximum atomic E-state index is 10.4. The van der Waals surface area contributed by atoms with Crippen LogP contribution in [0.15, 0.2) is 0 Å². The highest BCUT2D eigenvalue weighted by molar-refractivity contribution is 6.74. The van der Waals surface area contributed by atoms with Crippen LogP contribution in [0, 0.1) is 0 Å². The third-order valence-electron chi connectivity index (χ3n) is 3.07. The van der Waals surface area contributed by atoms with Gasteiger partial charge in [-0.25, -0.2) is 0 Å². The fourth-order valence-corrected chi connectivity index (χ4v) is 2.54. The van der Waals surface area contributed by atoms with E-state index in [0.717, 1.165) is 0 Å². The van der Waals surface area contributed by atoms with Gasteiger partial charge < -0.3 is 9.53 Å². The van der Waals surface area contributed by atoms with E-state index in [-0.39, 0.29) is 17.6 Å². The molecule has 0 aliphatic heterocycles. The highest BCUT2D eigenvalue weighted by Crippen LogP contribution is 2.37. The minimum Gasteiger partial charge on any atom is -0.481 e. The Bertz CT molecular complexity index is 218. The van der Waals surface area contributed by atoms with Crippen molar-refractivity contribution in [2.75, 3.05) is 0 Å². The summed E-state index contributed by atoms with van der Waals surface area (Å²) < 4.78 is 6.03. The first kappa shape index (κ1) is 14.6. The summed E-state index contributed by atoms with van der Waals surface area (Å²) in [5.41, 5.74) is 0. The van der Waals surface area contributed by atoms with Crippen molar-refractivity contribution in [1.29, 1.82) is 0 Å². The molecule has 15 heavy (non-hydrogen) atoms. The number of hydrogen-bond donors (Lipinski definition) is 1. The van der Waals surface area contributed by atoms with Gasteiger partial charge in [0.15, 0.2) is 8.32 Å². The van der Waals surface area contributed by atoms with Crippen LogP contribution in [0.2, 0.25) is 18.1 Å². The molecule has 0 aliphatic rings. The summed E-state index contributed by atoms with van der Waals surface area (Å²) in [4.78, 5) is 10.4. The molecule has 0 saturated carbocycles. The molecule has 1 unspecified atom stereocenters. The smallest absolute Gasteiger partial charge is 0.303 e. The van der Waals surface area contributed by atoms with Gasteiger partial charge in [-0.1, -0.05) is 20.8 Å². The van der Waals surface area contributed by atoms with E-state index in [1.165, 1.54) is 0 Å². The molecule has 0 aromatic heterocycles. The van der Waals surface area contributed by atoms with Crippen molar-refractivity contribution in [3.8, 4) is 0 Å². The number of carbonyl (C=O) groups is 1. The van der Waals surface area contributed by atoms with E-state index in [4.69, 9.17) is 9.53 Å². The van der Waals surface area contributed by atoms with Crippen LogP contribution in [0.1, 0.15) is 40.5 Å². The van der Waals surface area contributed by atoms with E-state index in [2.05, 4.69) is 33.9 Å². The molecule has 0 bridgehead atoms. The highest BCUT2D eigenvalue weighted by Gasteiger charge is 2.38. The predicted molar refractivity (Wildman–Crippen MR) is 64.6 cm³/mol. The summed E-state index contributed by atoms with van der Waals surface area (Å²) in [5, 5.41) is 8.76. The minimum absolute atomic E-state index is 0.0435. The Balaban J connectivity index is 4.16. The lowest BCUT2D eigenvalue weighted by atomic mass is 10.2. The zero-order valence-electron chi connectivity index (χ0n) is 10.8.